The lowest BCUT2D eigenvalue weighted by Gasteiger charge is -2.24. The minimum absolute atomic E-state index is 0.0629. The Morgan fingerprint density at radius 2 is 1.92 bits per heavy atom. The predicted molar refractivity (Wildman–Crippen MR) is 92.0 cm³/mol. The zero-order valence-corrected chi connectivity index (χ0v) is 14.5. The van der Waals surface area contributed by atoms with Crippen molar-refractivity contribution in [2.24, 2.45) is 0 Å². The van der Waals surface area contributed by atoms with Gasteiger partial charge in [0, 0.05) is 18.7 Å². The van der Waals surface area contributed by atoms with Gasteiger partial charge in [-0.25, -0.2) is 8.42 Å². The Morgan fingerprint density at radius 1 is 1.20 bits per heavy atom. The quantitative estimate of drug-likeness (QED) is 0.602. The van der Waals surface area contributed by atoms with Crippen LogP contribution < -0.4 is 4.74 Å². The summed E-state index contributed by atoms with van der Waals surface area (Å²) in [5.74, 6) is 0.678. The number of hydrogen-bond donors (Lipinski definition) is 0. The summed E-state index contributed by atoms with van der Waals surface area (Å²) in [6.45, 7) is 0.418. The first-order valence-electron chi connectivity index (χ1n) is 7.84. The molecule has 8 heteroatoms. The summed E-state index contributed by atoms with van der Waals surface area (Å²) < 4.78 is 32.6. The van der Waals surface area contributed by atoms with Gasteiger partial charge in [-0.3, -0.25) is 10.1 Å². The van der Waals surface area contributed by atoms with Crippen molar-refractivity contribution in [3.63, 3.8) is 0 Å². The van der Waals surface area contributed by atoms with Gasteiger partial charge >= 0.3 is 0 Å². The van der Waals surface area contributed by atoms with Crippen LogP contribution >= 0.6 is 0 Å². The second kappa shape index (κ2) is 6.81. The summed E-state index contributed by atoms with van der Waals surface area (Å²) in [5.41, 5.74) is 0.743. The number of non-ortho nitro benzene ring substituents is 1. The van der Waals surface area contributed by atoms with E-state index in [1.807, 2.05) is 24.3 Å². The molecule has 1 fully saturated rings. The van der Waals surface area contributed by atoms with Crippen LogP contribution in [0.25, 0.3) is 0 Å². The lowest BCUT2D eigenvalue weighted by molar-refractivity contribution is -0.384. The minimum Gasteiger partial charge on any atom is -0.497 e. The topological polar surface area (TPSA) is 89.8 Å². The molecule has 0 N–H and O–H groups in total. The van der Waals surface area contributed by atoms with Crippen LogP contribution in [0.5, 0.6) is 5.75 Å². The molecule has 0 amide bonds. The van der Waals surface area contributed by atoms with E-state index in [1.165, 1.54) is 28.6 Å². The molecular formula is C17H18N2O5S. The number of hydrogen-bond acceptors (Lipinski definition) is 5. The number of rotatable bonds is 5. The van der Waals surface area contributed by atoms with Crippen LogP contribution in [0.3, 0.4) is 0 Å². The van der Waals surface area contributed by atoms with E-state index in [-0.39, 0.29) is 16.6 Å². The van der Waals surface area contributed by atoms with Crippen LogP contribution in [-0.4, -0.2) is 31.3 Å². The highest BCUT2D eigenvalue weighted by Gasteiger charge is 2.36. The number of benzene rings is 2. The summed E-state index contributed by atoms with van der Waals surface area (Å²) in [7, 11) is -2.16. The van der Waals surface area contributed by atoms with E-state index < -0.39 is 14.9 Å². The fourth-order valence-electron chi connectivity index (χ4n) is 3.08. The van der Waals surface area contributed by atoms with Crippen LogP contribution in [0.2, 0.25) is 0 Å². The molecule has 1 unspecified atom stereocenters. The molecule has 2 aromatic rings. The summed E-state index contributed by atoms with van der Waals surface area (Å²) >= 11 is 0. The van der Waals surface area contributed by atoms with Gasteiger partial charge in [0.15, 0.2) is 0 Å². The molecular weight excluding hydrogens is 344 g/mol. The SMILES string of the molecule is COc1cccc(C2CCCN2S(=O)(=O)c2ccc([N+](=O)[O-])cc2)c1. The fourth-order valence-corrected chi connectivity index (χ4v) is 4.77. The van der Waals surface area contributed by atoms with E-state index in [2.05, 4.69) is 0 Å². The van der Waals surface area contributed by atoms with E-state index in [0.717, 1.165) is 18.4 Å². The van der Waals surface area contributed by atoms with Crippen LogP contribution in [0.1, 0.15) is 24.4 Å². The van der Waals surface area contributed by atoms with Crippen molar-refractivity contribution in [1.29, 1.82) is 0 Å². The highest BCUT2D eigenvalue weighted by molar-refractivity contribution is 7.89. The molecule has 2 aromatic carbocycles. The molecule has 1 heterocycles. The summed E-state index contributed by atoms with van der Waals surface area (Å²) in [6, 6.07) is 12.1. The highest BCUT2D eigenvalue weighted by Crippen LogP contribution is 2.37. The first-order valence-corrected chi connectivity index (χ1v) is 9.28. The van der Waals surface area contributed by atoms with Gasteiger partial charge in [-0.15, -0.1) is 0 Å². The summed E-state index contributed by atoms with van der Waals surface area (Å²) in [4.78, 5) is 10.3. The maximum atomic E-state index is 13.0. The first-order chi connectivity index (χ1) is 11.9. The lowest BCUT2D eigenvalue weighted by atomic mass is 10.1. The number of sulfonamides is 1. The van der Waals surface area contributed by atoms with Gasteiger partial charge in [0.25, 0.3) is 5.69 Å². The summed E-state index contributed by atoms with van der Waals surface area (Å²) in [5, 5.41) is 10.7. The zero-order chi connectivity index (χ0) is 18.0. The molecule has 0 bridgehead atoms. The van der Waals surface area contributed by atoms with Crippen LogP contribution in [0.4, 0.5) is 5.69 Å². The van der Waals surface area contributed by atoms with Crippen molar-refractivity contribution in [3.8, 4) is 5.75 Å². The number of methoxy groups -OCH3 is 1. The molecule has 1 aliphatic rings. The maximum Gasteiger partial charge on any atom is 0.269 e. The van der Waals surface area contributed by atoms with E-state index in [0.29, 0.717) is 12.3 Å². The molecule has 7 nitrogen and oxygen atoms in total. The number of nitro benzene ring substituents is 1. The molecule has 0 aliphatic carbocycles. The Bertz CT molecular complexity index is 880. The largest absolute Gasteiger partial charge is 0.497 e. The van der Waals surface area contributed by atoms with Gasteiger partial charge < -0.3 is 4.74 Å². The van der Waals surface area contributed by atoms with Gasteiger partial charge in [-0.05, 0) is 42.7 Å². The lowest BCUT2D eigenvalue weighted by Crippen LogP contribution is -2.30. The number of nitrogens with zero attached hydrogens (tertiary/aromatic N) is 2. The van der Waals surface area contributed by atoms with Crippen LogP contribution in [0, 0.1) is 10.1 Å². The highest BCUT2D eigenvalue weighted by atomic mass is 32.2. The molecule has 3 rings (SSSR count). The smallest absolute Gasteiger partial charge is 0.269 e. The molecule has 25 heavy (non-hydrogen) atoms. The molecule has 0 aromatic heterocycles. The van der Waals surface area contributed by atoms with Crippen molar-refractivity contribution in [1.82, 2.24) is 4.31 Å². The monoisotopic (exact) mass is 362 g/mol. The van der Waals surface area contributed by atoms with Crippen LogP contribution in [-0.2, 0) is 10.0 Å². The van der Waals surface area contributed by atoms with Crippen molar-refractivity contribution < 1.29 is 18.1 Å². The molecule has 0 saturated carbocycles. The zero-order valence-electron chi connectivity index (χ0n) is 13.7. The average molecular weight is 362 g/mol. The normalized spacial score (nSPS) is 18.2. The van der Waals surface area contributed by atoms with E-state index in [1.54, 1.807) is 7.11 Å². The van der Waals surface area contributed by atoms with Crippen molar-refractivity contribution in [2.45, 2.75) is 23.8 Å². The Balaban J connectivity index is 1.93. The van der Waals surface area contributed by atoms with Crippen molar-refractivity contribution in [2.75, 3.05) is 13.7 Å². The third kappa shape index (κ3) is 3.35. The Labute approximate surface area is 146 Å². The van der Waals surface area contributed by atoms with Gasteiger partial charge in [0.1, 0.15) is 5.75 Å². The fraction of sp³-hybridized carbons (Fsp3) is 0.294. The van der Waals surface area contributed by atoms with Gasteiger partial charge in [-0.1, -0.05) is 12.1 Å². The number of ether oxygens (including phenoxy) is 1. The van der Waals surface area contributed by atoms with Gasteiger partial charge in [0.2, 0.25) is 10.0 Å². The van der Waals surface area contributed by atoms with Gasteiger partial charge in [0.05, 0.1) is 23.0 Å². The van der Waals surface area contributed by atoms with Gasteiger partial charge in [-0.2, -0.15) is 4.31 Å². The van der Waals surface area contributed by atoms with E-state index in [9.17, 15) is 18.5 Å². The molecule has 0 radical (unpaired) electrons. The second-order valence-electron chi connectivity index (χ2n) is 5.80. The minimum atomic E-state index is -3.73. The van der Waals surface area contributed by atoms with Crippen molar-refractivity contribution >= 4 is 15.7 Å². The van der Waals surface area contributed by atoms with E-state index >= 15 is 0 Å². The van der Waals surface area contributed by atoms with Crippen LogP contribution in [0.15, 0.2) is 53.4 Å². The first kappa shape index (κ1) is 17.4. The standard InChI is InChI=1S/C17H18N2O5S/c1-24-15-5-2-4-13(12-15)17-6-3-11-18(17)25(22,23)16-9-7-14(8-10-16)19(20)21/h2,4-5,7-10,12,17H,3,6,11H2,1H3. The molecule has 132 valence electrons. The molecule has 1 aliphatic heterocycles. The average Bonchev–Trinajstić information content (AvgIpc) is 3.12. The Kier molecular flexibility index (Phi) is 4.73. The predicted octanol–water partition coefficient (Wildman–Crippen LogP) is 3.13. The second-order valence-corrected chi connectivity index (χ2v) is 7.69. The van der Waals surface area contributed by atoms with E-state index in [4.69, 9.17) is 4.74 Å². The maximum absolute atomic E-state index is 13.0. The molecule has 0 spiro atoms. The summed E-state index contributed by atoms with van der Waals surface area (Å²) in [6.07, 6.45) is 1.48. The van der Waals surface area contributed by atoms with Crippen molar-refractivity contribution in [3.05, 3.63) is 64.2 Å². The Hall–Kier alpha value is -2.45. The molecule has 1 atom stereocenters. The number of nitro groups is 1. The third-order valence-electron chi connectivity index (χ3n) is 4.34. The molecule has 1 saturated heterocycles. The Morgan fingerprint density at radius 3 is 2.56 bits per heavy atom. The third-order valence-corrected chi connectivity index (χ3v) is 6.26.